The zero-order chi connectivity index (χ0) is 16.0. The first kappa shape index (κ1) is 17.8. The molecule has 0 saturated carbocycles. The van der Waals surface area contributed by atoms with Crippen molar-refractivity contribution in [2.24, 2.45) is 0 Å². The Morgan fingerprint density at radius 2 is 2.10 bits per heavy atom. The molecule has 0 saturated heterocycles. The number of halogens is 2. The molecule has 0 heterocycles. The fraction of sp³-hybridized carbons (Fsp3) is 0.429. The van der Waals surface area contributed by atoms with E-state index >= 15 is 0 Å². The topological polar surface area (TPSA) is 55.4 Å². The van der Waals surface area contributed by atoms with E-state index in [1.807, 2.05) is 0 Å². The molecule has 0 aromatic heterocycles. The second kappa shape index (κ2) is 8.24. The predicted molar refractivity (Wildman–Crippen MR) is 82.3 cm³/mol. The van der Waals surface area contributed by atoms with Crippen molar-refractivity contribution in [2.45, 2.75) is 37.3 Å². The van der Waals surface area contributed by atoms with Gasteiger partial charge in [-0.2, -0.15) is 0 Å². The number of carbonyl (C=O) groups is 2. The molecule has 1 rings (SSSR count). The van der Waals surface area contributed by atoms with Gasteiger partial charge in [-0.05, 0) is 26.0 Å². The van der Waals surface area contributed by atoms with Crippen molar-refractivity contribution in [3.63, 3.8) is 0 Å². The molecular weight excluding hydrogens is 317 g/mol. The lowest BCUT2D eigenvalue weighted by Crippen LogP contribution is -2.16. The minimum absolute atomic E-state index is 0.0461. The third-order valence-electron chi connectivity index (χ3n) is 2.54. The van der Waals surface area contributed by atoms with Gasteiger partial charge in [-0.3, -0.25) is 9.59 Å². The highest BCUT2D eigenvalue weighted by Gasteiger charge is 2.19. The summed E-state index contributed by atoms with van der Waals surface area (Å²) in [6, 6.07) is 2.54. The number of carbonyl (C=O) groups excluding carboxylic acids is 2. The van der Waals surface area contributed by atoms with E-state index in [2.05, 4.69) is 5.32 Å². The number of benzene rings is 1. The fourth-order valence-electron chi connectivity index (χ4n) is 1.45. The quantitative estimate of drug-likeness (QED) is 0.634. The van der Waals surface area contributed by atoms with Crippen LogP contribution in [0.25, 0.3) is 0 Å². The van der Waals surface area contributed by atoms with Crippen LogP contribution in [0.2, 0.25) is 5.02 Å². The Bertz CT molecular complexity index is 539. The molecule has 0 aliphatic rings. The van der Waals surface area contributed by atoms with Crippen LogP contribution in [0.1, 0.15) is 27.2 Å². The van der Waals surface area contributed by atoms with Crippen LogP contribution >= 0.6 is 23.4 Å². The summed E-state index contributed by atoms with van der Waals surface area (Å²) in [5.74, 6) is -1.29. The zero-order valence-corrected chi connectivity index (χ0v) is 13.6. The van der Waals surface area contributed by atoms with Crippen LogP contribution in [0.5, 0.6) is 0 Å². The molecular formula is C14H17ClFNO3S. The predicted octanol–water partition coefficient (Wildman–Crippen LogP) is 3.87. The first-order chi connectivity index (χ1) is 9.88. The van der Waals surface area contributed by atoms with Gasteiger partial charge in [-0.1, -0.05) is 18.5 Å². The minimum atomic E-state index is -0.616. The Balaban J connectivity index is 2.94. The van der Waals surface area contributed by atoms with Gasteiger partial charge in [0.1, 0.15) is 11.1 Å². The van der Waals surface area contributed by atoms with Crippen LogP contribution in [0.4, 0.5) is 10.1 Å². The maximum Gasteiger partial charge on any atom is 0.319 e. The third-order valence-corrected chi connectivity index (χ3v) is 4.10. The van der Waals surface area contributed by atoms with Crippen LogP contribution in [0, 0.1) is 5.82 Å². The van der Waals surface area contributed by atoms with E-state index < -0.39 is 11.1 Å². The van der Waals surface area contributed by atoms with Gasteiger partial charge in [0.05, 0.1) is 17.3 Å². The molecule has 1 aromatic rings. The van der Waals surface area contributed by atoms with Crippen molar-refractivity contribution in [1.29, 1.82) is 0 Å². The molecule has 1 unspecified atom stereocenters. The summed E-state index contributed by atoms with van der Waals surface area (Å²) in [6.45, 7) is 5.35. The summed E-state index contributed by atoms with van der Waals surface area (Å²) in [7, 11) is 0. The molecule has 116 valence electrons. The first-order valence-corrected chi connectivity index (χ1v) is 7.76. The standard InChI is InChI=1S/C14H17ClFNO3S/c1-4-13(18)17-11-7-12(9(15)6-10(11)16)21-8(3)14(19)20-5-2/h6-8H,4-5H2,1-3H3,(H,17,18). The molecule has 1 N–H and O–H groups in total. The van der Waals surface area contributed by atoms with Crippen LogP contribution in [-0.2, 0) is 14.3 Å². The summed E-state index contributed by atoms with van der Waals surface area (Å²) < 4.78 is 18.6. The lowest BCUT2D eigenvalue weighted by molar-refractivity contribution is -0.142. The molecule has 0 aliphatic heterocycles. The Morgan fingerprint density at radius 1 is 1.43 bits per heavy atom. The van der Waals surface area contributed by atoms with E-state index in [1.165, 1.54) is 6.07 Å². The van der Waals surface area contributed by atoms with Gasteiger partial charge >= 0.3 is 5.97 Å². The first-order valence-electron chi connectivity index (χ1n) is 6.51. The number of thioether (sulfide) groups is 1. The molecule has 0 aliphatic carbocycles. The maximum atomic E-state index is 13.7. The lowest BCUT2D eigenvalue weighted by Gasteiger charge is -2.13. The van der Waals surface area contributed by atoms with Crippen LogP contribution in [0.15, 0.2) is 17.0 Å². The maximum absolute atomic E-state index is 13.7. The third kappa shape index (κ3) is 5.21. The van der Waals surface area contributed by atoms with Gasteiger partial charge < -0.3 is 10.1 Å². The molecule has 7 heteroatoms. The highest BCUT2D eigenvalue weighted by Crippen LogP contribution is 2.34. The van der Waals surface area contributed by atoms with Crippen LogP contribution in [0.3, 0.4) is 0 Å². The van der Waals surface area contributed by atoms with Crippen molar-refractivity contribution >= 4 is 40.9 Å². The number of ether oxygens (including phenoxy) is 1. The number of esters is 1. The van der Waals surface area contributed by atoms with Gasteiger partial charge in [0, 0.05) is 11.3 Å². The molecule has 1 aromatic carbocycles. The highest BCUT2D eigenvalue weighted by molar-refractivity contribution is 8.00. The molecule has 0 radical (unpaired) electrons. The van der Waals surface area contributed by atoms with Gasteiger partial charge in [0.25, 0.3) is 0 Å². The number of nitrogens with one attached hydrogen (secondary N) is 1. The molecule has 1 atom stereocenters. The van der Waals surface area contributed by atoms with Crippen LogP contribution < -0.4 is 5.32 Å². The Labute approximate surface area is 132 Å². The molecule has 0 bridgehead atoms. The smallest absolute Gasteiger partial charge is 0.319 e. The van der Waals surface area contributed by atoms with Crippen molar-refractivity contribution in [2.75, 3.05) is 11.9 Å². The van der Waals surface area contributed by atoms with Crippen molar-refractivity contribution in [1.82, 2.24) is 0 Å². The van der Waals surface area contributed by atoms with Gasteiger partial charge in [-0.25, -0.2) is 4.39 Å². The highest BCUT2D eigenvalue weighted by atomic mass is 35.5. The fourth-order valence-corrected chi connectivity index (χ4v) is 2.64. The Kier molecular flexibility index (Phi) is 6.98. The monoisotopic (exact) mass is 333 g/mol. The summed E-state index contributed by atoms with van der Waals surface area (Å²) in [6.07, 6.45) is 0.240. The number of anilines is 1. The van der Waals surface area contributed by atoms with E-state index in [9.17, 15) is 14.0 Å². The summed E-state index contributed by atoms with van der Waals surface area (Å²) >= 11 is 7.12. The minimum Gasteiger partial charge on any atom is -0.465 e. The average Bonchev–Trinajstić information content (AvgIpc) is 2.43. The number of amides is 1. The SMILES string of the molecule is CCOC(=O)C(C)Sc1cc(NC(=O)CC)c(F)cc1Cl. The van der Waals surface area contributed by atoms with E-state index in [1.54, 1.807) is 20.8 Å². The lowest BCUT2D eigenvalue weighted by atomic mass is 10.3. The summed E-state index contributed by atoms with van der Waals surface area (Å²) in [4.78, 5) is 23.5. The average molecular weight is 334 g/mol. The molecule has 21 heavy (non-hydrogen) atoms. The largest absolute Gasteiger partial charge is 0.465 e. The van der Waals surface area contributed by atoms with Gasteiger partial charge in [0.2, 0.25) is 5.91 Å². The number of rotatable bonds is 6. The number of hydrogen-bond donors (Lipinski definition) is 1. The zero-order valence-electron chi connectivity index (χ0n) is 12.0. The van der Waals surface area contributed by atoms with E-state index in [0.29, 0.717) is 11.5 Å². The number of hydrogen-bond acceptors (Lipinski definition) is 4. The Morgan fingerprint density at radius 3 is 2.67 bits per heavy atom. The Hall–Kier alpha value is -1.27. The van der Waals surface area contributed by atoms with Crippen LogP contribution in [-0.4, -0.2) is 23.7 Å². The molecule has 0 fully saturated rings. The normalized spacial score (nSPS) is 11.9. The second-order valence-electron chi connectivity index (χ2n) is 4.18. The molecule has 4 nitrogen and oxygen atoms in total. The van der Waals surface area contributed by atoms with Crippen molar-refractivity contribution in [3.05, 3.63) is 23.0 Å². The van der Waals surface area contributed by atoms with E-state index in [-0.39, 0.29) is 29.0 Å². The van der Waals surface area contributed by atoms with Gasteiger partial charge in [-0.15, -0.1) is 11.8 Å². The van der Waals surface area contributed by atoms with Crippen molar-refractivity contribution in [3.8, 4) is 0 Å². The van der Waals surface area contributed by atoms with E-state index in [4.69, 9.17) is 16.3 Å². The van der Waals surface area contributed by atoms with E-state index in [0.717, 1.165) is 17.8 Å². The molecule has 0 spiro atoms. The summed E-state index contributed by atoms with van der Waals surface area (Å²) in [5.41, 5.74) is 0.0461. The van der Waals surface area contributed by atoms with Crippen molar-refractivity contribution < 1.29 is 18.7 Å². The second-order valence-corrected chi connectivity index (χ2v) is 5.97. The molecule has 1 amide bonds. The summed E-state index contributed by atoms with van der Waals surface area (Å²) in [5, 5.41) is 2.15. The van der Waals surface area contributed by atoms with Gasteiger partial charge in [0.15, 0.2) is 0 Å².